The van der Waals surface area contributed by atoms with Crippen molar-refractivity contribution in [2.75, 3.05) is 13.8 Å². The van der Waals surface area contributed by atoms with Gasteiger partial charge < -0.3 is 4.74 Å². The summed E-state index contributed by atoms with van der Waals surface area (Å²) < 4.78 is 16.7. The van der Waals surface area contributed by atoms with Crippen LogP contribution in [0.1, 0.15) is 25.7 Å². The third-order valence-electron chi connectivity index (χ3n) is 2.85. The van der Waals surface area contributed by atoms with Crippen LogP contribution in [-0.2, 0) is 14.3 Å². The van der Waals surface area contributed by atoms with E-state index in [0.29, 0.717) is 25.7 Å². The molecule has 0 heterocycles. The molecule has 0 aromatic heterocycles. The fraction of sp³-hybridized carbons (Fsp3) is 0.800. The quantitative estimate of drug-likeness (QED) is 0.651. The second-order valence-corrected chi connectivity index (χ2v) is 3.67. The van der Waals surface area contributed by atoms with E-state index < -0.39 is 6.67 Å². The number of carbonyl (C=O) groups is 2. The highest BCUT2D eigenvalue weighted by molar-refractivity contribution is 5.82. The number of hydrogen-bond donors (Lipinski definition) is 0. The van der Waals surface area contributed by atoms with E-state index in [-0.39, 0.29) is 23.6 Å². The van der Waals surface area contributed by atoms with E-state index in [2.05, 4.69) is 4.74 Å². The lowest BCUT2D eigenvalue weighted by molar-refractivity contribution is -0.147. The maximum atomic E-state index is 12.1. The highest BCUT2D eigenvalue weighted by atomic mass is 19.1. The average Bonchev–Trinajstić information content (AvgIpc) is 2.27. The Labute approximate surface area is 82.6 Å². The lowest BCUT2D eigenvalue weighted by Gasteiger charge is -2.25. The second-order valence-electron chi connectivity index (χ2n) is 3.67. The minimum Gasteiger partial charge on any atom is -0.469 e. The summed E-state index contributed by atoms with van der Waals surface area (Å²) in [5, 5.41) is 0. The average molecular weight is 202 g/mol. The molecule has 0 aliphatic heterocycles. The van der Waals surface area contributed by atoms with Gasteiger partial charge in [-0.1, -0.05) is 0 Å². The first kappa shape index (κ1) is 11.1. The van der Waals surface area contributed by atoms with Crippen molar-refractivity contribution in [3.8, 4) is 0 Å². The molecule has 1 fully saturated rings. The number of rotatable bonds is 3. The van der Waals surface area contributed by atoms with Crippen LogP contribution in [0.25, 0.3) is 0 Å². The van der Waals surface area contributed by atoms with Crippen molar-refractivity contribution in [3.05, 3.63) is 0 Å². The van der Waals surface area contributed by atoms with E-state index in [0.717, 1.165) is 0 Å². The fourth-order valence-corrected chi connectivity index (χ4v) is 1.93. The van der Waals surface area contributed by atoms with Gasteiger partial charge in [0.05, 0.1) is 13.0 Å². The first-order chi connectivity index (χ1) is 6.69. The van der Waals surface area contributed by atoms with Gasteiger partial charge in [-0.2, -0.15) is 0 Å². The summed E-state index contributed by atoms with van der Waals surface area (Å²) in [7, 11) is 1.36. The number of halogens is 1. The predicted molar refractivity (Wildman–Crippen MR) is 48.4 cm³/mol. The molecule has 14 heavy (non-hydrogen) atoms. The number of esters is 1. The van der Waals surface area contributed by atoms with Gasteiger partial charge in [-0.25, -0.2) is 4.39 Å². The van der Waals surface area contributed by atoms with Crippen LogP contribution in [0.5, 0.6) is 0 Å². The Morgan fingerprint density at radius 1 is 1.21 bits per heavy atom. The van der Waals surface area contributed by atoms with Crippen molar-refractivity contribution in [2.45, 2.75) is 25.7 Å². The third kappa shape index (κ3) is 2.53. The summed E-state index contributed by atoms with van der Waals surface area (Å²) in [6, 6.07) is 0. The Morgan fingerprint density at radius 3 is 2.14 bits per heavy atom. The van der Waals surface area contributed by atoms with Gasteiger partial charge in [0.25, 0.3) is 0 Å². The maximum Gasteiger partial charge on any atom is 0.308 e. The molecule has 1 aliphatic rings. The predicted octanol–water partition coefficient (Wildman–Crippen LogP) is 1.50. The van der Waals surface area contributed by atoms with Crippen LogP contribution in [-0.4, -0.2) is 25.5 Å². The molecule has 0 unspecified atom stereocenters. The molecular weight excluding hydrogens is 187 g/mol. The Balaban J connectivity index is 2.38. The van der Waals surface area contributed by atoms with Gasteiger partial charge in [0, 0.05) is 5.92 Å². The van der Waals surface area contributed by atoms with E-state index in [1.165, 1.54) is 7.11 Å². The fourth-order valence-electron chi connectivity index (χ4n) is 1.93. The molecule has 0 amide bonds. The molecule has 3 nitrogen and oxygen atoms in total. The van der Waals surface area contributed by atoms with E-state index in [9.17, 15) is 14.0 Å². The summed E-state index contributed by atoms with van der Waals surface area (Å²) in [5.41, 5.74) is 0. The number of alkyl halides is 1. The Kier molecular flexibility index (Phi) is 4.04. The van der Waals surface area contributed by atoms with Gasteiger partial charge in [0.15, 0.2) is 5.78 Å². The van der Waals surface area contributed by atoms with E-state index in [1.54, 1.807) is 0 Å². The summed E-state index contributed by atoms with van der Waals surface area (Å²) >= 11 is 0. The number of methoxy groups -OCH3 is 1. The summed E-state index contributed by atoms with van der Waals surface area (Å²) in [5.74, 6) is -0.811. The number of ether oxygens (including phenoxy) is 1. The van der Waals surface area contributed by atoms with Crippen molar-refractivity contribution in [1.82, 2.24) is 0 Å². The monoisotopic (exact) mass is 202 g/mol. The van der Waals surface area contributed by atoms with E-state index in [1.807, 2.05) is 0 Å². The Morgan fingerprint density at radius 2 is 1.71 bits per heavy atom. The second kappa shape index (κ2) is 5.08. The number of hydrogen-bond acceptors (Lipinski definition) is 3. The molecule has 80 valence electrons. The third-order valence-corrected chi connectivity index (χ3v) is 2.85. The van der Waals surface area contributed by atoms with Crippen molar-refractivity contribution < 1.29 is 18.7 Å². The molecule has 0 radical (unpaired) electrons. The van der Waals surface area contributed by atoms with Crippen LogP contribution in [0.2, 0.25) is 0 Å². The number of ketones is 1. The van der Waals surface area contributed by atoms with Crippen LogP contribution in [0, 0.1) is 11.8 Å². The molecule has 1 aliphatic carbocycles. The lowest BCUT2D eigenvalue weighted by atomic mass is 9.80. The highest BCUT2D eigenvalue weighted by Gasteiger charge is 2.29. The standard InChI is InChI=1S/C10H15FO3/c1-14-10(13)8-4-2-7(3-5-8)9(12)6-11/h7-8H,2-6H2,1H3/t7-,8-. The molecule has 0 N–H and O–H groups in total. The van der Waals surface area contributed by atoms with Gasteiger partial charge in [0.2, 0.25) is 0 Å². The molecule has 0 aromatic rings. The summed E-state index contributed by atoms with van der Waals surface area (Å²) in [6.07, 6.45) is 2.51. The van der Waals surface area contributed by atoms with Crippen LogP contribution in [0.15, 0.2) is 0 Å². The Hall–Kier alpha value is -0.930. The van der Waals surface area contributed by atoms with Gasteiger partial charge in [-0.05, 0) is 25.7 Å². The maximum absolute atomic E-state index is 12.1. The van der Waals surface area contributed by atoms with Crippen LogP contribution in [0.3, 0.4) is 0 Å². The molecular formula is C10H15FO3. The lowest BCUT2D eigenvalue weighted by Crippen LogP contribution is -2.27. The normalized spacial score (nSPS) is 27.0. The summed E-state index contributed by atoms with van der Waals surface area (Å²) in [6.45, 7) is -0.881. The van der Waals surface area contributed by atoms with Gasteiger partial charge in [0.1, 0.15) is 6.67 Å². The minimum atomic E-state index is -0.881. The molecule has 1 saturated carbocycles. The van der Waals surface area contributed by atoms with E-state index >= 15 is 0 Å². The van der Waals surface area contributed by atoms with Gasteiger partial charge in [-0.3, -0.25) is 9.59 Å². The smallest absolute Gasteiger partial charge is 0.308 e. The zero-order valence-electron chi connectivity index (χ0n) is 8.29. The van der Waals surface area contributed by atoms with Crippen LogP contribution < -0.4 is 0 Å². The molecule has 4 heteroatoms. The highest BCUT2D eigenvalue weighted by Crippen LogP contribution is 2.30. The molecule has 1 rings (SSSR count). The first-order valence-electron chi connectivity index (χ1n) is 4.85. The number of carbonyl (C=O) groups excluding carboxylic acids is 2. The van der Waals surface area contributed by atoms with E-state index in [4.69, 9.17) is 0 Å². The van der Waals surface area contributed by atoms with Gasteiger partial charge in [-0.15, -0.1) is 0 Å². The Bertz CT molecular complexity index is 195. The summed E-state index contributed by atoms with van der Waals surface area (Å²) in [4.78, 5) is 22.2. The van der Waals surface area contributed by atoms with Gasteiger partial charge >= 0.3 is 5.97 Å². The molecule has 0 aromatic carbocycles. The zero-order chi connectivity index (χ0) is 10.6. The van der Waals surface area contributed by atoms with Crippen molar-refractivity contribution in [3.63, 3.8) is 0 Å². The SMILES string of the molecule is COC(=O)[C@H]1CC[C@H](C(=O)CF)CC1. The van der Waals surface area contributed by atoms with Crippen LogP contribution >= 0.6 is 0 Å². The molecule has 0 saturated heterocycles. The first-order valence-corrected chi connectivity index (χ1v) is 4.85. The zero-order valence-corrected chi connectivity index (χ0v) is 8.29. The molecule has 0 spiro atoms. The topological polar surface area (TPSA) is 43.4 Å². The van der Waals surface area contributed by atoms with Crippen LogP contribution in [0.4, 0.5) is 4.39 Å². The van der Waals surface area contributed by atoms with Crippen molar-refractivity contribution >= 4 is 11.8 Å². The minimum absolute atomic E-state index is 0.0938. The molecule has 0 bridgehead atoms. The van der Waals surface area contributed by atoms with Crippen molar-refractivity contribution in [1.29, 1.82) is 0 Å². The largest absolute Gasteiger partial charge is 0.469 e. The van der Waals surface area contributed by atoms with Crippen molar-refractivity contribution in [2.24, 2.45) is 11.8 Å². The molecule has 0 atom stereocenters. The number of Topliss-reactive ketones (excluding diaryl/α,β-unsaturated/α-hetero) is 1.